The smallest absolute Gasteiger partial charge is 0.484 e. The van der Waals surface area contributed by atoms with Crippen LogP contribution in [-0.4, -0.2) is 74.2 Å². The number of amides is 1. The molecule has 0 aromatic heterocycles. The SMILES string of the molecule is O=C(COc1ccc(Cl)c(F)c1)NC1CCN(CCO[C@H]2C[C@@H](OC(F)(F)F)C2)CC1(F)F. The van der Waals surface area contributed by atoms with Gasteiger partial charge in [0.2, 0.25) is 0 Å². The van der Waals surface area contributed by atoms with Gasteiger partial charge in [0.05, 0.1) is 36.4 Å². The lowest BCUT2D eigenvalue weighted by molar-refractivity contribution is -0.357. The molecule has 1 N–H and O–H groups in total. The first kappa shape index (κ1) is 25.9. The van der Waals surface area contributed by atoms with Crippen molar-refractivity contribution in [2.45, 2.75) is 49.8 Å². The van der Waals surface area contributed by atoms with Crippen LogP contribution in [0.2, 0.25) is 5.02 Å². The van der Waals surface area contributed by atoms with Gasteiger partial charge in [0.15, 0.2) is 6.61 Å². The highest BCUT2D eigenvalue weighted by Crippen LogP contribution is 2.32. The van der Waals surface area contributed by atoms with Crippen molar-refractivity contribution < 1.29 is 45.3 Å². The van der Waals surface area contributed by atoms with Gasteiger partial charge in [-0.3, -0.25) is 14.4 Å². The number of ether oxygens (including phenoxy) is 3. The summed E-state index contributed by atoms with van der Waals surface area (Å²) >= 11 is 5.55. The number of nitrogens with zero attached hydrogens (tertiary/aromatic N) is 1. The van der Waals surface area contributed by atoms with Crippen molar-refractivity contribution in [1.29, 1.82) is 0 Å². The van der Waals surface area contributed by atoms with Gasteiger partial charge in [-0.15, -0.1) is 13.2 Å². The lowest BCUT2D eigenvalue weighted by Crippen LogP contribution is -2.59. The second kappa shape index (κ2) is 10.7. The maximum Gasteiger partial charge on any atom is 0.522 e. The fourth-order valence-corrected chi connectivity index (χ4v) is 3.74. The van der Waals surface area contributed by atoms with Crippen LogP contribution < -0.4 is 10.1 Å². The van der Waals surface area contributed by atoms with E-state index in [9.17, 15) is 31.1 Å². The maximum absolute atomic E-state index is 14.5. The standard InChI is InChI=1S/C20H23ClF6N2O4/c21-15-2-1-12(9-16(15)22)32-10-18(30)28-17-3-4-29(11-19(17,23)24)5-6-31-13-7-14(8-13)33-20(25,26)27/h1-2,9,13-14,17H,3-8,10-11H2,(H,28,30)/t13-,14+,17?. The van der Waals surface area contributed by atoms with Crippen LogP contribution in [-0.2, 0) is 14.3 Å². The molecule has 1 saturated carbocycles. The quantitative estimate of drug-likeness (QED) is 0.519. The van der Waals surface area contributed by atoms with Crippen molar-refractivity contribution >= 4 is 17.5 Å². The largest absolute Gasteiger partial charge is 0.522 e. The third-order valence-corrected chi connectivity index (χ3v) is 5.69. The number of halogens is 7. The second-order valence-electron chi connectivity index (χ2n) is 7.96. The lowest BCUT2D eigenvalue weighted by Gasteiger charge is -2.39. The van der Waals surface area contributed by atoms with Crippen molar-refractivity contribution in [2.24, 2.45) is 0 Å². The van der Waals surface area contributed by atoms with Gasteiger partial charge in [-0.1, -0.05) is 11.6 Å². The summed E-state index contributed by atoms with van der Waals surface area (Å²) in [5.74, 6) is -4.67. The highest BCUT2D eigenvalue weighted by molar-refractivity contribution is 6.30. The molecule has 33 heavy (non-hydrogen) atoms. The monoisotopic (exact) mass is 504 g/mol. The van der Waals surface area contributed by atoms with Crippen LogP contribution in [0.5, 0.6) is 5.75 Å². The molecule has 1 aliphatic carbocycles. The number of benzene rings is 1. The molecule has 1 amide bonds. The van der Waals surface area contributed by atoms with Crippen molar-refractivity contribution in [3.8, 4) is 5.75 Å². The van der Waals surface area contributed by atoms with Crippen molar-refractivity contribution in [1.82, 2.24) is 10.2 Å². The molecule has 2 aliphatic rings. The van der Waals surface area contributed by atoms with E-state index >= 15 is 0 Å². The molecule has 6 nitrogen and oxygen atoms in total. The molecule has 0 radical (unpaired) electrons. The van der Waals surface area contributed by atoms with Gasteiger partial charge in [0, 0.05) is 32.0 Å². The molecule has 1 unspecified atom stereocenters. The average molecular weight is 505 g/mol. The average Bonchev–Trinajstić information content (AvgIpc) is 2.67. The van der Waals surface area contributed by atoms with Gasteiger partial charge in [-0.25, -0.2) is 13.2 Å². The summed E-state index contributed by atoms with van der Waals surface area (Å²) in [4.78, 5) is 13.5. The van der Waals surface area contributed by atoms with Crippen LogP contribution in [0.1, 0.15) is 19.3 Å². The van der Waals surface area contributed by atoms with E-state index in [4.69, 9.17) is 21.1 Å². The minimum Gasteiger partial charge on any atom is -0.484 e. The number of likely N-dealkylation sites (tertiary alicyclic amines) is 1. The van der Waals surface area contributed by atoms with E-state index in [1.54, 1.807) is 0 Å². The van der Waals surface area contributed by atoms with E-state index < -0.39 is 49.3 Å². The van der Waals surface area contributed by atoms with Crippen LogP contribution in [0.4, 0.5) is 26.3 Å². The number of rotatable bonds is 9. The summed E-state index contributed by atoms with van der Waals surface area (Å²) in [5, 5.41) is 2.13. The molecule has 186 valence electrons. The Labute approximate surface area is 191 Å². The molecule has 1 heterocycles. The molecule has 1 aliphatic heterocycles. The Morgan fingerprint density at radius 1 is 1.24 bits per heavy atom. The minimum absolute atomic E-state index is 0.0146. The number of nitrogens with one attached hydrogen (secondary N) is 1. The number of hydrogen-bond acceptors (Lipinski definition) is 5. The van der Waals surface area contributed by atoms with Gasteiger partial charge in [0.1, 0.15) is 11.6 Å². The van der Waals surface area contributed by atoms with Gasteiger partial charge < -0.3 is 14.8 Å². The van der Waals surface area contributed by atoms with E-state index in [0.717, 1.165) is 6.07 Å². The molecule has 1 aromatic rings. The van der Waals surface area contributed by atoms with Crippen LogP contribution in [0, 0.1) is 5.82 Å². The molecule has 0 bridgehead atoms. The van der Waals surface area contributed by atoms with Crippen LogP contribution >= 0.6 is 11.6 Å². The summed E-state index contributed by atoms with van der Waals surface area (Å²) in [5.41, 5.74) is 0. The van der Waals surface area contributed by atoms with Crippen molar-refractivity contribution in [3.05, 3.63) is 29.0 Å². The molecule has 1 aromatic carbocycles. The third kappa shape index (κ3) is 7.90. The molecule has 3 rings (SSSR count). The topological polar surface area (TPSA) is 60.0 Å². The normalized spacial score (nSPS) is 25.4. The first-order chi connectivity index (χ1) is 15.4. The maximum atomic E-state index is 14.5. The Hall–Kier alpha value is -1.76. The Bertz CT molecular complexity index is 822. The van der Waals surface area contributed by atoms with E-state index in [1.807, 2.05) is 0 Å². The molecule has 13 heteroatoms. The molecule has 2 fully saturated rings. The summed E-state index contributed by atoms with van der Waals surface area (Å²) in [6.45, 7) is -0.608. The van der Waals surface area contributed by atoms with Gasteiger partial charge in [-0.05, 0) is 18.6 Å². The minimum atomic E-state index is -4.68. The van der Waals surface area contributed by atoms with E-state index in [2.05, 4.69) is 10.1 Å². The summed E-state index contributed by atoms with van der Waals surface area (Å²) in [6, 6.07) is 2.19. The zero-order valence-electron chi connectivity index (χ0n) is 17.3. The lowest BCUT2D eigenvalue weighted by atomic mass is 9.92. The molecular formula is C20H23ClF6N2O4. The van der Waals surface area contributed by atoms with Gasteiger partial charge >= 0.3 is 6.36 Å². The van der Waals surface area contributed by atoms with Crippen LogP contribution in [0.15, 0.2) is 18.2 Å². The molecule has 0 spiro atoms. The summed E-state index contributed by atoms with van der Waals surface area (Å²) in [7, 11) is 0. The fourth-order valence-electron chi connectivity index (χ4n) is 3.62. The number of carbonyl (C=O) groups excluding carboxylic acids is 1. The first-order valence-corrected chi connectivity index (χ1v) is 10.6. The number of carbonyl (C=O) groups is 1. The fraction of sp³-hybridized carbons (Fsp3) is 0.650. The Morgan fingerprint density at radius 2 is 1.97 bits per heavy atom. The van der Waals surface area contributed by atoms with Gasteiger partial charge in [0.25, 0.3) is 11.8 Å². The highest BCUT2D eigenvalue weighted by Gasteiger charge is 2.45. The molecule has 1 atom stereocenters. The number of piperidine rings is 1. The van der Waals surface area contributed by atoms with Crippen molar-refractivity contribution in [3.63, 3.8) is 0 Å². The summed E-state index contributed by atoms with van der Waals surface area (Å²) < 4.78 is 93.0. The Kier molecular flexibility index (Phi) is 8.35. The molecular weight excluding hydrogens is 482 g/mol. The van der Waals surface area contributed by atoms with Crippen LogP contribution in [0.3, 0.4) is 0 Å². The number of hydrogen-bond donors (Lipinski definition) is 1. The zero-order valence-corrected chi connectivity index (χ0v) is 18.1. The Balaban J connectivity index is 1.34. The predicted octanol–water partition coefficient (Wildman–Crippen LogP) is 3.77. The predicted molar refractivity (Wildman–Crippen MR) is 105 cm³/mol. The second-order valence-corrected chi connectivity index (χ2v) is 8.37. The van der Waals surface area contributed by atoms with Crippen LogP contribution in [0.25, 0.3) is 0 Å². The van der Waals surface area contributed by atoms with E-state index in [-0.39, 0.29) is 55.8 Å². The first-order valence-electron chi connectivity index (χ1n) is 10.2. The Morgan fingerprint density at radius 3 is 2.61 bits per heavy atom. The zero-order chi connectivity index (χ0) is 24.2. The molecule has 1 saturated heterocycles. The third-order valence-electron chi connectivity index (χ3n) is 5.39. The number of alkyl halides is 5. The highest BCUT2D eigenvalue weighted by atomic mass is 35.5. The van der Waals surface area contributed by atoms with E-state index in [1.165, 1.54) is 17.0 Å². The van der Waals surface area contributed by atoms with Crippen molar-refractivity contribution in [2.75, 3.05) is 32.8 Å². The van der Waals surface area contributed by atoms with E-state index in [0.29, 0.717) is 0 Å². The van der Waals surface area contributed by atoms with Gasteiger partial charge in [-0.2, -0.15) is 0 Å². The summed E-state index contributed by atoms with van der Waals surface area (Å²) in [6.07, 6.45) is -5.80.